The van der Waals surface area contributed by atoms with Gasteiger partial charge in [-0.2, -0.15) is 4.31 Å². The van der Waals surface area contributed by atoms with Gasteiger partial charge in [0.15, 0.2) is 0 Å². The van der Waals surface area contributed by atoms with Gasteiger partial charge in [0.05, 0.1) is 13.2 Å². The lowest BCUT2D eigenvalue weighted by atomic mass is 10.1. The number of rotatable bonds is 6. The van der Waals surface area contributed by atoms with Gasteiger partial charge in [-0.15, -0.1) is 0 Å². The van der Waals surface area contributed by atoms with Crippen molar-refractivity contribution in [2.75, 3.05) is 20.2 Å². The molecule has 6 nitrogen and oxygen atoms in total. The van der Waals surface area contributed by atoms with E-state index in [0.29, 0.717) is 13.1 Å². The largest absolute Gasteiger partial charge is 0.495 e. The van der Waals surface area contributed by atoms with Crippen LogP contribution in [-0.2, 0) is 10.0 Å². The first-order valence-corrected chi connectivity index (χ1v) is 11.3. The van der Waals surface area contributed by atoms with Gasteiger partial charge < -0.3 is 10.1 Å². The van der Waals surface area contributed by atoms with Crippen LogP contribution in [-0.4, -0.2) is 38.8 Å². The lowest BCUT2D eigenvalue weighted by Gasteiger charge is -2.19. The van der Waals surface area contributed by atoms with Crippen molar-refractivity contribution in [1.29, 1.82) is 0 Å². The minimum absolute atomic E-state index is 0.0286. The number of hydrogen-bond donors (Lipinski definition) is 1. The topological polar surface area (TPSA) is 75.7 Å². The highest BCUT2D eigenvalue weighted by Crippen LogP contribution is 2.30. The number of sulfonamides is 1. The van der Waals surface area contributed by atoms with Crippen LogP contribution >= 0.6 is 15.9 Å². The maximum atomic E-state index is 13.0. The highest BCUT2D eigenvalue weighted by atomic mass is 79.9. The third-order valence-corrected chi connectivity index (χ3v) is 7.27. The van der Waals surface area contributed by atoms with Crippen LogP contribution in [0.1, 0.15) is 41.7 Å². The van der Waals surface area contributed by atoms with Crippen LogP contribution < -0.4 is 10.1 Å². The van der Waals surface area contributed by atoms with E-state index in [0.717, 1.165) is 22.9 Å². The zero-order valence-corrected chi connectivity index (χ0v) is 18.2. The van der Waals surface area contributed by atoms with E-state index in [2.05, 4.69) is 21.2 Å². The first-order valence-electron chi connectivity index (χ1n) is 9.07. The molecule has 150 valence electrons. The van der Waals surface area contributed by atoms with Crippen molar-refractivity contribution in [1.82, 2.24) is 9.62 Å². The standard InChI is InChI=1S/C20H23BrN2O4S/c1-14(15-5-8-17(21)9-6-15)22-20(24)16-7-10-18(27-2)19(13-16)28(25,26)23-11-3-4-12-23/h5-10,13-14H,3-4,11-12H2,1-2H3,(H,22,24). The molecule has 1 amide bonds. The van der Waals surface area contributed by atoms with Crippen LogP contribution in [0.15, 0.2) is 51.8 Å². The quantitative estimate of drug-likeness (QED) is 0.703. The molecular weight excluding hydrogens is 444 g/mol. The van der Waals surface area contributed by atoms with Crippen LogP contribution in [0.25, 0.3) is 0 Å². The van der Waals surface area contributed by atoms with E-state index in [1.54, 1.807) is 6.07 Å². The van der Waals surface area contributed by atoms with Crippen molar-refractivity contribution in [3.63, 3.8) is 0 Å². The second kappa shape index (κ2) is 8.63. The van der Waals surface area contributed by atoms with Crippen LogP contribution in [0.3, 0.4) is 0 Å². The summed E-state index contributed by atoms with van der Waals surface area (Å²) in [7, 11) is -2.28. The molecule has 2 aromatic carbocycles. The summed E-state index contributed by atoms with van der Waals surface area (Å²) in [6, 6.07) is 11.9. The van der Waals surface area contributed by atoms with Gasteiger partial charge in [-0.05, 0) is 55.7 Å². The van der Waals surface area contributed by atoms with Gasteiger partial charge >= 0.3 is 0 Å². The SMILES string of the molecule is COc1ccc(C(=O)NC(C)c2ccc(Br)cc2)cc1S(=O)(=O)N1CCCC1. The van der Waals surface area contributed by atoms with E-state index < -0.39 is 10.0 Å². The third kappa shape index (κ3) is 4.39. The normalized spacial score (nSPS) is 16.0. The van der Waals surface area contributed by atoms with Crippen LogP contribution in [0, 0.1) is 0 Å². The number of carbonyl (C=O) groups is 1. The molecule has 1 fully saturated rings. The second-order valence-electron chi connectivity index (χ2n) is 6.72. The number of carbonyl (C=O) groups excluding carboxylic acids is 1. The zero-order chi connectivity index (χ0) is 20.3. The van der Waals surface area contributed by atoms with E-state index in [1.165, 1.54) is 23.5 Å². The molecule has 1 N–H and O–H groups in total. The van der Waals surface area contributed by atoms with Crippen LogP contribution in [0.5, 0.6) is 5.75 Å². The molecule has 0 saturated carbocycles. The average Bonchev–Trinajstić information content (AvgIpc) is 3.23. The highest BCUT2D eigenvalue weighted by Gasteiger charge is 2.30. The summed E-state index contributed by atoms with van der Waals surface area (Å²) in [5, 5.41) is 2.91. The smallest absolute Gasteiger partial charge is 0.251 e. The maximum absolute atomic E-state index is 13.0. The number of nitrogens with one attached hydrogen (secondary N) is 1. The summed E-state index contributed by atoms with van der Waals surface area (Å²) in [5.41, 5.74) is 1.23. The predicted molar refractivity (Wildman–Crippen MR) is 111 cm³/mol. The molecule has 1 aliphatic heterocycles. The maximum Gasteiger partial charge on any atom is 0.251 e. The van der Waals surface area contributed by atoms with Gasteiger partial charge in [-0.25, -0.2) is 8.42 Å². The Hall–Kier alpha value is -1.90. The van der Waals surface area contributed by atoms with E-state index >= 15 is 0 Å². The lowest BCUT2D eigenvalue weighted by molar-refractivity contribution is 0.0939. The molecule has 1 atom stereocenters. The summed E-state index contributed by atoms with van der Waals surface area (Å²) < 4.78 is 33.6. The van der Waals surface area contributed by atoms with E-state index in [4.69, 9.17) is 4.74 Å². The summed E-state index contributed by atoms with van der Waals surface area (Å²) in [5.74, 6) is -0.0969. The van der Waals surface area contributed by atoms with Gasteiger partial charge in [0.25, 0.3) is 5.91 Å². The van der Waals surface area contributed by atoms with Gasteiger partial charge in [0.2, 0.25) is 10.0 Å². The molecule has 0 spiro atoms. The van der Waals surface area contributed by atoms with Gasteiger partial charge in [-0.1, -0.05) is 28.1 Å². The molecule has 0 bridgehead atoms. The molecule has 0 aromatic heterocycles. The summed E-state index contributed by atoms with van der Waals surface area (Å²) >= 11 is 3.39. The molecule has 1 heterocycles. The molecule has 2 aromatic rings. The Kier molecular flexibility index (Phi) is 6.42. The summed E-state index contributed by atoms with van der Waals surface area (Å²) in [6.07, 6.45) is 1.68. The van der Waals surface area contributed by atoms with Crippen molar-refractivity contribution in [2.45, 2.75) is 30.7 Å². The van der Waals surface area contributed by atoms with E-state index in [9.17, 15) is 13.2 Å². The van der Waals surface area contributed by atoms with E-state index in [1.807, 2.05) is 31.2 Å². The van der Waals surface area contributed by atoms with Crippen molar-refractivity contribution >= 4 is 31.9 Å². The summed E-state index contributed by atoms with van der Waals surface area (Å²) in [4.78, 5) is 12.8. The van der Waals surface area contributed by atoms with Crippen molar-refractivity contribution < 1.29 is 17.9 Å². The molecule has 1 saturated heterocycles. The first kappa shape index (κ1) is 20.8. The average molecular weight is 467 g/mol. The van der Waals surface area contributed by atoms with Crippen molar-refractivity contribution in [2.24, 2.45) is 0 Å². The molecule has 3 rings (SSSR count). The van der Waals surface area contributed by atoms with Crippen LogP contribution in [0.4, 0.5) is 0 Å². The number of ether oxygens (including phenoxy) is 1. The Bertz CT molecular complexity index is 955. The Balaban J connectivity index is 1.86. The number of benzene rings is 2. The monoisotopic (exact) mass is 466 g/mol. The second-order valence-corrected chi connectivity index (χ2v) is 9.55. The van der Waals surface area contributed by atoms with Crippen LogP contribution in [0.2, 0.25) is 0 Å². The fourth-order valence-corrected chi connectivity index (χ4v) is 5.16. The Morgan fingerprint density at radius 1 is 1.14 bits per heavy atom. The fraction of sp³-hybridized carbons (Fsp3) is 0.350. The number of halogens is 1. The lowest BCUT2D eigenvalue weighted by Crippen LogP contribution is -2.29. The number of hydrogen-bond acceptors (Lipinski definition) is 4. The molecule has 1 unspecified atom stereocenters. The molecule has 1 aliphatic rings. The van der Waals surface area contributed by atoms with Gasteiger partial charge in [0.1, 0.15) is 10.6 Å². The number of amides is 1. The minimum Gasteiger partial charge on any atom is -0.495 e. The van der Waals surface area contributed by atoms with Gasteiger partial charge in [0, 0.05) is 23.1 Å². The molecule has 0 aliphatic carbocycles. The Morgan fingerprint density at radius 3 is 2.39 bits per heavy atom. The molecular formula is C20H23BrN2O4S. The predicted octanol–water partition coefficient (Wildman–Crippen LogP) is 3.73. The molecule has 0 radical (unpaired) electrons. The fourth-order valence-electron chi connectivity index (χ4n) is 3.20. The minimum atomic E-state index is -3.70. The number of methoxy groups -OCH3 is 1. The van der Waals surface area contributed by atoms with Gasteiger partial charge in [-0.3, -0.25) is 4.79 Å². The Labute approximate surface area is 174 Å². The third-order valence-electron chi connectivity index (χ3n) is 4.83. The molecule has 28 heavy (non-hydrogen) atoms. The summed E-state index contributed by atoms with van der Waals surface area (Å²) in [6.45, 7) is 2.86. The Morgan fingerprint density at radius 2 is 1.79 bits per heavy atom. The highest BCUT2D eigenvalue weighted by molar-refractivity contribution is 9.10. The van der Waals surface area contributed by atoms with Crippen molar-refractivity contribution in [3.05, 3.63) is 58.1 Å². The molecule has 8 heteroatoms. The van der Waals surface area contributed by atoms with Crippen molar-refractivity contribution in [3.8, 4) is 5.75 Å². The zero-order valence-electron chi connectivity index (χ0n) is 15.8. The number of nitrogens with zero attached hydrogens (tertiary/aromatic N) is 1. The van der Waals surface area contributed by atoms with E-state index in [-0.39, 0.29) is 28.2 Å². The first-order chi connectivity index (χ1) is 13.3.